The molecular weight excluding hydrogens is 184 g/mol. The Morgan fingerprint density at radius 3 is 2.00 bits per heavy atom. The van der Waals surface area contributed by atoms with Crippen molar-refractivity contribution in [3.8, 4) is 0 Å². The lowest BCUT2D eigenvalue weighted by molar-refractivity contribution is 0.0405. The molecule has 0 spiro atoms. The van der Waals surface area contributed by atoms with Gasteiger partial charge in [-0.3, -0.25) is 0 Å². The van der Waals surface area contributed by atoms with Crippen LogP contribution in [0.15, 0.2) is 0 Å². The second kappa shape index (κ2) is 7.17. The summed E-state index contributed by atoms with van der Waals surface area (Å²) in [7, 11) is 0. The van der Waals surface area contributed by atoms with Gasteiger partial charge in [0.15, 0.2) is 0 Å². The molecule has 86 valence electrons. The van der Waals surface area contributed by atoms with Crippen molar-refractivity contribution in [1.82, 2.24) is 0 Å². The smallest absolute Gasteiger partial charge is 0.0588 e. The SMILES string of the molecule is CC(O)CC(O)CCC(O)C(C)CO. The van der Waals surface area contributed by atoms with E-state index in [2.05, 4.69) is 0 Å². The van der Waals surface area contributed by atoms with E-state index in [0.717, 1.165) is 0 Å². The van der Waals surface area contributed by atoms with Gasteiger partial charge in [-0.25, -0.2) is 0 Å². The fraction of sp³-hybridized carbons (Fsp3) is 1.00. The van der Waals surface area contributed by atoms with Gasteiger partial charge in [-0.15, -0.1) is 0 Å². The Hall–Kier alpha value is -0.160. The first-order valence-electron chi connectivity index (χ1n) is 5.12. The van der Waals surface area contributed by atoms with Gasteiger partial charge in [-0.1, -0.05) is 6.92 Å². The quantitative estimate of drug-likeness (QED) is 0.468. The highest BCUT2D eigenvalue weighted by atomic mass is 16.3. The van der Waals surface area contributed by atoms with Gasteiger partial charge in [0.25, 0.3) is 0 Å². The molecule has 0 saturated heterocycles. The van der Waals surface area contributed by atoms with Crippen LogP contribution in [0.25, 0.3) is 0 Å². The van der Waals surface area contributed by atoms with Crippen LogP contribution in [0.4, 0.5) is 0 Å². The highest BCUT2D eigenvalue weighted by molar-refractivity contribution is 4.67. The Kier molecular flexibility index (Phi) is 7.09. The van der Waals surface area contributed by atoms with Crippen molar-refractivity contribution in [1.29, 1.82) is 0 Å². The standard InChI is InChI=1S/C10H22O4/c1-7(6-11)10(14)4-3-9(13)5-8(2)12/h7-14H,3-6H2,1-2H3. The molecule has 0 bridgehead atoms. The number of hydrogen-bond acceptors (Lipinski definition) is 4. The van der Waals surface area contributed by atoms with E-state index in [9.17, 15) is 10.2 Å². The molecule has 4 heteroatoms. The lowest BCUT2D eigenvalue weighted by Gasteiger charge is -2.18. The molecule has 0 aliphatic carbocycles. The van der Waals surface area contributed by atoms with E-state index in [4.69, 9.17) is 10.2 Å². The van der Waals surface area contributed by atoms with E-state index in [0.29, 0.717) is 19.3 Å². The van der Waals surface area contributed by atoms with Crippen LogP contribution in [-0.2, 0) is 0 Å². The summed E-state index contributed by atoms with van der Waals surface area (Å²) in [6, 6.07) is 0. The van der Waals surface area contributed by atoms with E-state index >= 15 is 0 Å². The second-order valence-corrected chi connectivity index (χ2v) is 4.04. The van der Waals surface area contributed by atoms with E-state index in [1.807, 2.05) is 0 Å². The zero-order chi connectivity index (χ0) is 11.1. The summed E-state index contributed by atoms with van der Waals surface area (Å²) >= 11 is 0. The van der Waals surface area contributed by atoms with E-state index in [-0.39, 0.29) is 12.5 Å². The molecule has 4 N–H and O–H groups in total. The molecule has 0 fully saturated rings. The van der Waals surface area contributed by atoms with Gasteiger partial charge in [-0.05, 0) is 26.2 Å². The molecule has 4 unspecified atom stereocenters. The highest BCUT2D eigenvalue weighted by Crippen LogP contribution is 2.12. The molecule has 4 nitrogen and oxygen atoms in total. The van der Waals surface area contributed by atoms with Crippen LogP contribution in [0, 0.1) is 5.92 Å². The molecule has 14 heavy (non-hydrogen) atoms. The fourth-order valence-electron chi connectivity index (χ4n) is 1.28. The van der Waals surface area contributed by atoms with Crippen LogP contribution >= 0.6 is 0 Å². The normalized spacial score (nSPS) is 20.1. The Morgan fingerprint density at radius 1 is 1.00 bits per heavy atom. The Labute approximate surface area is 85.2 Å². The van der Waals surface area contributed by atoms with Crippen LogP contribution in [0.2, 0.25) is 0 Å². The summed E-state index contributed by atoms with van der Waals surface area (Å²) in [5, 5.41) is 36.6. The first-order chi connectivity index (χ1) is 6.47. The van der Waals surface area contributed by atoms with Gasteiger partial charge in [0.05, 0.1) is 18.3 Å². The summed E-state index contributed by atoms with van der Waals surface area (Å²) in [6.07, 6.45) is -0.428. The zero-order valence-corrected chi connectivity index (χ0v) is 8.93. The van der Waals surface area contributed by atoms with Crippen molar-refractivity contribution in [3.05, 3.63) is 0 Å². The Balaban J connectivity index is 3.60. The maximum absolute atomic E-state index is 9.47. The van der Waals surface area contributed by atoms with E-state index in [1.54, 1.807) is 13.8 Å². The van der Waals surface area contributed by atoms with Crippen molar-refractivity contribution in [2.24, 2.45) is 5.92 Å². The average Bonchev–Trinajstić information content (AvgIpc) is 2.11. The monoisotopic (exact) mass is 206 g/mol. The lowest BCUT2D eigenvalue weighted by Crippen LogP contribution is -2.23. The third-order valence-corrected chi connectivity index (χ3v) is 2.35. The molecule has 0 aromatic rings. The van der Waals surface area contributed by atoms with Gasteiger partial charge >= 0.3 is 0 Å². The van der Waals surface area contributed by atoms with Crippen molar-refractivity contribution in [2.45, 2.75) is 51.4 Å². The molecule has 0 aliphatic rings. The van der Waals surface area contributed by atoms with Crippen LogP contribution in [0.1, 0.15) is 33.1 Å². The molecule has 0 aromatic carbocycles. The minimum Gasteiger partial charge on any atom is -0.396 e. The van der Waals surface area contributed by atoms with Gasteiger partial charge in [0.2, 0.25) is 0 Å². The van der Waals surface area contributed by atoms with Gasteiger partial charge in [0.1, 0.15) is 0 Å². The maximum Gasteiger partial charge on any atom is 0.0588 e. The first kappa shape index (κ1) is 13.8. The predicted molar refractivity (Wildman–Crippen MR) is 53.8 cm³/mol. The summed E-state index contributed by atoms with van der Waals surface area (Å²) in [4.78, 5) is 0. The zero-order valence-electron chi connectivity index (χ0n) is 8.93. The molecular formula is C10H22O4. The van der Waals surface area contributed by atoms with E-state index < -0.39 is 18.3 Å². The first-order valence-corrected chi connectivity index (χ1v) is 5.12. The highest BCUT2D eigenvalue weighted by Gasteiger charge is 2.15. The maximum atomic E-state index is 9.47. The Morgan fingerprint density at radius 2 is 1.57 bits per heavy atom. The molecule has 4 atom stereocenters. The molecule has 0 amide bonds. The van der Waals surface area contributed by atoms with Crippen molar-refractivity contribution < 1.29 is 20.4 Å². The summed E-state index contributed by atoms with van der Waals surface area (Å²) in [5.74, 6) is -0.159. The molecule has 0 heterocycles. The van der Waals surface area contributed by atoms with Crippen molar-refractivity contribution in [2.75, 3.05) is 6.61 Å². The lowest BCUT2D eigenvalue weighted by atomic mass is 9.98. The van der Waals surface area contributed by atoms with Gasteiger partial charge in [-0.2, -0.15) is 0 Å². The number of aliphatic hydroxyl groups excluding tert-OH is 4. The van der Waals surface area contributed by atoms with E-state index in [1.165, 1.54) is 0 Å². The summed E-state index contributed by atoms with van der Waals surface area (Å²) in [6.45, 7) is 3.33. The van der Waals surface area contributed by atoms with Crippen molar-refractivity contribution in [3.63, 3.8) is 0 Å². The molecule has 0 aliphatic heterocycles. The van der Waals surface area contributed by atoms with Gasteiger partial charge < -0.3 is 20.4 Å². The fourth-order valence-corrected chi connectivity index (χ4v) is 1.28. The Bertz CT molecular complexity index is 138. The molecule has 0 rings (SSSR count). The third-order valence-electron chi connectivity index (χ3n) is 2.35. The number of hydrogen-bond donors (Lipinski definition) is 4. The largest absolute Gasteiger partial charge is 0.396 e. The van der Waals surface area contributed by atoms with Crippen LogP contribution in [0.3, 0.4) is 0 Å². The molecule has 0 aromatic heterocycles. The van der Waals surface area contributed by atoms with Crippen LogP contribution in [0.5, 0.6) is 0 Å². The number of rotatable bonds is 7. The second-order valence-electron chi connectivity index (χ2n) is 4.04. The van der Waals surface area contributed by atoms with Crippen LogP contribution < -0.4 is 0 Å². The predicted octanol–water partition coefficient (Wildman–Crippen LogP) is -0.112. The minimum atomic E-state index is -0.580. The van der Waals surface area contributed by atoms with Crippen LogP contribution in [-0.4, -0.2) is 45.3 Å². The average molecular weight is 206 g/mol. The summed E-state index contributed by atoms with van der Waals surface area (Å²) in [5.41, 5.74) is 0. The third kappa shape index (κ3) is 6.32. The number of aliphatic hydroxyl groups is 4. The van der Waals surface area contributed by atoms with Crippen molar-refractivity contribution >= 4 is 0 Å². The molecule has 0 radical (unpaired) electrons. The van der Waals surface area contributed by atoms with Gasteiger partial charge in [0, 0.05) is 12.5 Å². The summed E-state index contributed by atoms with van der Waals surface area (Å²) < 4.78 is 0. The minimum absolute atomic E-state index is 0.0480. The molecule has 0 saturated carbocycles. The topological polar surface area (TPSA) is 80.9 Å².